The summed E-state index contributed by atoms with van der Waals surface area (Å²) in [5, 5.41) is 3.19. The van der Waals surface area contributed by atoms with Gasteiger partial charge in [-0.3, -0.25) is 9.36 Å². The lowest BCUT2D eigenvalue weighted by molar-refractivity contribution is -0.00563. The highest BCUT2D eigenvalue weighted by Gasteiger charge is 2.27. The zero-order valence-corrected chi connectivity index (χ0v) is 19.1. The Balaban J connectivity index is 1.73. The zero-order chi connectivity index (χ0) is 24.7. The molecule has 0 radical (unpaired) electrons. The van der Waals surface area contributed by atoms with E-state index >= 15 is 4.39 Å². The quantitative estimate of drug-likeness (QED) is 0.437. The van der Waals surface area contributed by atoms with Crippen LogP contribution in [0.15, 0.2) is 65.5 Å². The van der Waals surface area contributed by atoms with Gasteiger partial charge in [0.25, 0.3) is 0 Å². The molecular formula is C26H23F3N4O2. The summed E-state index contributed by atoms with van der Waals surface area (Å²) in [5.74, 6) is -1.02. The molecule has 180 valence electrons. The molecule has 1 N–H and O–H groups in total. The van der Waals surface area contributed by atoms with Crippen LogP contribution in [-0.4, -0.2) is 34.8 Å². The number of nitrogens with zero attached hydrogens (tertiary/aromatic N) is 3. The van der Waals surface area contributed by atoms with Crippen molar-refractivity contribution in [3.63, 3.8) is 0 Å². The molecule has 9 heteroatoms. The van der Waals surface area contributed by atoms with Crippen molar-refractivity contribution in [2.75, 3.05) is 23.3 Å². The number of ether oxygens (including phenoxy) is 1. The highest BCUT2D eigenvalue weighted by Crippen LogP contribution is 2.29. The van der Waals surface area contributed by atoms with Gasteiger partial charge in [-0.2, -0.15) is 0 Å². The summed E-state index contributed by atoms with van der Waals surface area (Å²) in [4.78, 5) is 19.4. The second kappa shape index (κ2) is 9.07. The number of halogens is 3. The molecule has 2 aromatic heterocycles. The van der Waals surface area contributed by atoms with E-state index in [-0.39, 0.29) is 29.1 Å². The first-order valence-corrected chi connectivity index (χ1v) is 11.2. The standard InChI is InChI=1S/C26H23F3N4O2/c1-15-13-32(14-16(2)35-15)26-22(29)11-21-23(34)12-24(30-19-7-3-17(27)4-8-19)33(25(21)31-26)20-9-5-18(28)6-10-20/h3-12,15-16,30H,13-14H2,1-2H3/t15-,16+. The van der Waals surface area contributed by atoms with Gasteiger partial charge in [-0.05, 0) is 68.4 Å². The average Bonchev–Trinajstić information content (AvgIpc) is 2.81. The molecule has 1 saturated heterocycles. The molecule has 0 saturated carbocycles. The summed E-state index contributed by atoms with van der Waals surface area (Å²) in [6, 6.07) is 13.8. The lowest BCUT2D eigenvalue weighted by Crippen LogP contribution is -2.46. The van der Waals surface area contributed by atoms with Crippen LogP contribution >= 0.6 is 0 Å². The molecule has 1 aliphatic heterocycles. The Morgan fingerprint density at radius 1 is 0.914 bits per heavy atom. The van der Waals surface area contributed by atoms with Crippen LogP contribution in [0.5, 0.6) is 0 Å². The SMILES string of the molecule is C[C@@H]1CN(c2nc3c(cc2F)c(=O)cc(Nc2ccc(F)cc2)n3-c2ccc(F)cc2)C[C@H](C)O1. The van der Waals surface area contributed by atoms with Crippen molar-refractivity contribution in [2.45, 2.75) is 26.1 Å². The number of anilines is 3. The van der Waals surface area contributed by atoms with Gasteiger partial charge in [0.15, 0.2) is 22.7 Å². The molecule has 0 unspecified atom stereocenters. The monoisotopic (exact) mass is 480 g/mol. The summed E-state index contributed by atoms with van der Waals surface area (Å²) >= 11 is 0. The first-order chi connectivity index (χ1) is 16.8. The van der Waals surface area contributed by atoms with E-state index in [1.807, 2.05) is 13.8 Å². The first-order valence-electron chi connectivity index (χ1n) is 11.2. The van der Waals surface area contributed by atoms with Crippen LogP contribution in [-0.2, 0) is 4.74 Å². The Hall–Kier alpha value is -3.85. The zero-order valence-electron chi connectivity index (χ0n) is 19.1. The van der Waals surface area contributed by atoms with E-state index in [1.54, 1.807) is 21.6 Å². The highest BCUT2D eigenvalue weighted by molar-refractivity contribution is 5.82. The van der Waals surface area contributed by atoms with Crippen molar-refractivity contribution in [3.8, 4) is 5.69 Å². The van der Waals surface area contributed by atoms with E-state index in [9.17, 15) is 13.6 Å². The minimum atomic E-state index is -0.610. The molecule has 0 spiro atoms. The Morgan fingerprint density at radius 2 is 1.51 bits per heavy atom. The number of hydrogen-bond donors (Lipinski definition) is 1. The third kappa shape index (κ3) is 4.59. The van der Waals surface area contributed by atoms with Gasteiger partial charge in [0, 0.05) is 30.5 Å². The van der Waals surface area contributed by atoms with E-state index in [1.165, 1.54) is 48.5 Å². The summed E-state index contributed by atoms with van der Waals surface area (Å²) in [6.45, 7) is 4.68. The average molecular weight is 480 g/mol. The van der Waals surface area contributed by atoms with Gasteiger partial charge in [-0.25, -0.2) is 18.2 Å². The van der Waals surface area contributed by atoms with Gasteiger partial charge >= 0.3 is 0 Å². The molecule has 1 fully saturated rings. The summed E-state index contributed by atoms with van der Waals surface area (Å²) in [5.41, 5.74) is 0.801. The van der Waals surface area contributed by atoms with E-state index in [2.05, 4.69) is 10.3 Å². The number of hydrogen-bond acceptors (Lipinski definition) is 5. The van der Waals surface area contributed by atoms with Crippen molar-refractivity contribution in [3.05, 3.63) is 88.3 Å². The van der Waals surface area contributed by atoms with Crippen LogP contribution in [0.1, 0.15) is 13.8 Å². The second-order valence-corrected chi connectivity index (χ2v) is 8.66. The largest absolute Gasteiger partial charge is 0.372 e. The molecular weight excluding hydrogens is 457 g/mol. The summed E-state index contributed by atoms with van der Waals surface area (Å²) < 4.78 is 49.7. The van der Waals surface area contributed by atoms with Gasteiger partial charge in [0.1, 0.15) is 17.5 Å². The van der Waals surface area contributed by atoms with Crippen molar-refractivity contribution in [2.24, 2.45) is 0 Å². The number of nitrogens with one attached hydrogen (secondary N) is 1. The lowest BCUT2D eigenvalue weighted by Gasteiger charge is -2.36. The number of benzene rings is 2. The normalized spacial score (nSPS) is 18.1. The summed E-state index contributed by atoms with van der Waals surface area (Å²) in [7, 11) is 0. The number of aromatic nitrogens is 2. The molecule has 1 aliphatic rings. The maximum absolute atomic E-state index is 15.2. The van der Waals surface area contributed by atoms with Crippen molar-refractivity contribution in [1.82, 2.24) is 9.55 Å². The highest BCUT2D eigenvalue weighted by atomic mass is 19.1. The predicted octanol–water partition coefficient (Wildman–Crippen LogP) is 5.16. The van der Waals surface area contributed by atoms with Crippen LogP contribution in [0.3, 0.4) is 0 Å². The number of morpholine rings is 1. The lowest BCUT2D eigenvalue weighted by atomic mass is 10.2. The minimum absolute atomic E-state index is 0.0783. The Morgan fingerprint density at radius 3 is 2.14 bits per heavy atom. The van der Waals surface area contributed by atoms with Crippen molar-refractivity contribution >= 4 is 28.4 Å². The second-order valence-electron chi connectivity index (χ2n) is 8.66. The van der Waals surface area contributed by atoms with Gasteiger partial charge in [0.05, 0.1) is 17.6 Å². The van der Waals surface area contributed by atoms with E-state index in [0.29, 0.717) is 30.3 Å². The Bertz CT molecular complexity index is 1430. The Kier molecular flexibility index (Phi) is 5.94. The topological polar surface area (TPSA) is 59.4 Å². The van der Waals surface area contributed by atoms with E-state index in [4.69, 9.17) is 4.74 Å². The van der Waals surface area contributed by atoms with E-state index in [0.717, 1.165) is 0 Å². The van der Waals surface area contributed by atoms with Crippen molar-refractivity contribution in [1.29, 1.82) is 0 Å². The fourth-order valence-electron chi connectivity index (χ4n) is 4.40. The molecule has 0 bridgehead atoms. The van der Waals surface area contributed by atoms with E-state index < -0.39 is 22.9 Å². The van der Waals surface area contributed by atoms with Crippen LogP contribution in [0, 0.1) is 17.5 Å². The third-order valence-corrected chi connectivity index (χ3v) is 5.84. The molecule has 2 atom stereocenters. The van der Waals surface area contributed by atoms with Crippen molar-refractivity contribution < 1.29 is 17.9 Å². The van der Waals surface area contributed by atoms with Gasteiger partial charge in [0.2, 0.25) is 0 Å². The number of fused-ring (bicyclic) bond motifs is 1. The summed E-state index contributed by atoms with van der Waals surface area (Å²) in [6.07, 6.45) is -0.247. The molecule has 3 heterocycles. The van der Waals surface area contributed by atoms with Gasteiger partial charge < -0.3 is 15.0 Å². The fraction of sp³-hybridized carbons (Fsp3) is 0.231. The molecule has 0 amide bonds. The first kappa shape index (κ1) is 22.9. The minimum Gasteiger partial charge on any atom is -0.372 e. The van der Waals surface area contributed by atoms with Gasteiger partial charge in [-0.1, -0.05) is 0 Å². The molecule has 4 aromatic rings. The van der Waals surface area contributed by atoms with Crippen LogP contribution < -0.4 is 15.6 Å². The smallest absolute Gasteiger partial charge is 0.193 e. The van der Waals surface area contributed by atoms with Crippen LogP contribution in [0.2, 0.25) is 0 Å². The van der Waals surface area contributed by atoms with Gasteiger partial charge in [-0.15, -0.1) is 0 Å². The van der Waals surface area contributed by atoms with Crippen LogP contribution in [0.25, 0.3) is 16.7 Å². The predicted molar refractivity (Wildman–Crippen MR) is 129 cm³/mol. The molecule has 6 nitrogen and oxygen atoms in total. The number of rotatable bonds is 4. The number of pyridine rings is 2. The third-order valence-electron chi connectivity index (χ3n) is 5.84. The molecule has 0 aliphatic carbocycles. The maximum Gasteiger partial charge on any atom is 0.193 e. The van der Waals surface area contributed by atoms with Crippen LogP contribution in [0.4, 0.5) is 30.5 Å². The fourth-order valence-corrected chi connectivity index (χ4v) is 4.40. The Labute approximate surface area is 199 Å². The molecule has 35 heavy (non-hydrogen) atoms. The molecule has 2 aromatic carbocycles. The maximum atomic E-state index is 15.2. The molecule has 5 rings (SSSR count).